The fourth-order valence-electron chi connectivity index (χ4n) is 9.87. The fourth-order valence-corrected chi connectivity index (χ4v) is 11.0. The summed E-state index contributed by atoms with van der Waals surface area (Å²) in [5, 5.41) is 13.0. The Morgan fingerprint density at radius 1 is 0.393 bits per heavy atom. The summed E-state index contributed by atoms with van der Waals surface area (Å²) in [6.45, 7) is 9.15. The largest absolute Gasteiger partial charge is 0.135 e. The van der Waals surface area contributed by atoms with Crippen molar-refractivity contribution in [3.8, 4) is 44.5 Å². The Morgan fingerprint density at radius 3 is 1.84 bits per heavy atom. The standard InChI is InChI=1S/C55H40S/c1-5-39-40(6-2)54(43-23-14-16-33-15-7-8-19-41(33)43)45-22-10-9-21-44(45)53(39)36-18-13-17-34(27-36)35-25-26-49-46(28-35)47-29-38-32-52-48(42-20-11-12-24-51(42)56-52)30-37(38)31-50(47)55(49,3)4/h5-32H,1-4H3/b39-5+,40-6+. The van der Waals surface area contributed by atoms with E-state index >= 15 is 0 Å². The van der Waals surface area contributed by atoms with Crippen LogP contribution >= 0.6 is 11.3 Å². The molecule has 266 valence electrons. The summed E-state index contributed by atoms with van der Waals surface area (Å²) in [7, 11) is 0. The van der Waals surface area contributed by atoms with Gasteiger partial charge in [-0.05, 0) is 155 Å². The molecule has 1 aliphatic rings. The van der Waals surface area contributed by atoms with Gasteiger partial charge < -0.3 is 0 Å². The van der Waals surface area contributed by atoms with Crippen LogP contribution in [0.2, 0.25) is 0 Å². The first kappa shape index (κ1) is 33.1. The molecule has 0 saturated carbocycles. The van der Waals surface area contributed by atoms with Crippen LogP contribution in [-0.4, -0.2) is 0 Å². The quantitative estimate of drug-likeness (QED) is 0.170. The third kappa shape index (κ3) is 4.77. The number of hydrogen-bond acceptors (Lipinski definition) is 1. The van der Waals surface area contributed by atoms with Gasteiger partial charge in [0.15, 0.2) is 0 Å². The molecule has 0 saturated heterocycles. The Kier molecular flexibility index (Phi) is 7.31. The van der Waals surface area contributed by atoms with E-state index in [9.17, 15) is 0 Å². The van der Waals surface area contributed by atoms with Crippen LogP contribution in [-0.2, 0) is 5.41 Å². The minimum atomic E-state index is -0.0887. The first-order valence-corrected chi connectivity index (χ1v) is 20.6. The van der Waals surface area contributed by atoms with Crippen LogP contribution in [0.3, 0.4) is 0 Å². The lowest BCUT2D eigenvalue weighted by molar-refractivity contribution is 0.661. The zero-order valence-corrected chi connectivity index (χ0v) is 32.9. The van der Waals surface area contributed by atoms with E-state index < -0.39 is 0 Å². The zero-order chi connectivity index (χ0) is 37.7. The Balaban J connectivity index is 1.08. The minimum Gasteiger partial charge on any atom is -0.135 e. The fraction of sp³-hybridized carbons (Fsp3) is 0.0909. The number of hydrogen-bond donors (Lipinski definition) is 0. The molecule has 0 N–H and O–H groups in total. The van der Waals surface area contributed by atoms with Crippen molar-refractivity contribution in [2.45, 2.75) is 33.1 Å². The van der Waals surface area contributed by atoms with Crippen LogP contribution in [0, 0.1) is 0 Å². The molecule has 9 aromatic carbocycles. The molecule has 0 atom stereocenters. The lowest BCUT2D eigenvalue weighted by Gasteiger charge is -2.22. The Bertz CT molecular complexity index is 3400. The smallest absolute Gasteiger partial charge is 0.0361 e. The summed E-state index contributed by atoms with van der Waals surface area (Å²) in [6.07, 6.45) is 4.62. The van der Waals surface area contributed by atoms with Crippen molar-refractivity contribution >= 4 is 76.0 Å². The van der Waals surface area contributed by atoms with Gasteiger partial charge in [-0.2, -0.15) is 0 Å². The lowest BCUT2D eigenvalue weighted by atomic mass is 9.81. The molecule has 0 unspecified atom stereocenters. The molecule has 0 bridgehead atoms. The van der Waals surface area contributed by atoms with Gasteiger partial charge in [0.05, 0.1) is 0 Å². The first-order chi connectivity index (χ1) is 27.4. The summed E-state index contributed by atoms with van der Waals surface area (Å²) in [6, 6.07) is 59.4. The highest BCUT2D eigenvalue weighted by atomic mass is 32.1. The molecular formula is C55H40S. The van der Waals surface area contributed by atoms with Crippen molar-refractivity contribution in [3.63, 3.8) is 0 Å². The predicted octanol–water partition coefficient (Wildman–Crippen LogP) is 14.4. The summed E-state index contributed by atoms with van der Waals surface area (Å²) in [5.41, 5.74) is 13.0. The Labute approximate surface area is 331 Å². The SMILES string of the molecule is C/C=c1/c(-c2cccc(-c3ccc4c(c3)-c3cc5cc6sc7ccccc7c6cc5cc3C4(C)C)c2)c2ccccc2c(-c2cccc3ccccc23)/c1=C/C. The monoisotopic (exact) mass is 732 g/mol. The highest BCUT2D eigenvalue weighted by Crippen LogP contribution is 2.51. The zero-order valence-electron chi connectivity index (χ0n) is 32.1. The van der Waals surface area contributed by atoms with Crippen molar-refractivity contribution in [1.82, 2.24) is 0 Å². The van der Waals surface area contributed by atoms with Crippen LogP contribution in [0.25, 0.3) is 109 Å². The van der Waals surface area contributed by atoms with Gasteiger partial charge in [0.1, 0.15) is 0 Å². The second-order valence-corrected chi connectivity index (χ2v) is 17.0. The van der Waals surface area contributed by atoms with Gasteiger partial charge in [-0.15, -0.1) is 11.3 Å². The maximum atomic E-state index is 2.47. The van der Waals surface area contributed by atoms with Crippen molar-refractivity contribution < 1.29 is 0 Å². The van der Waals surface area contributed by atoms with E-state index in [1.54, 1.807) is 0 Å². The van der Waals surface area contributed by atoms with Crippen molar-refractivity contribution in [1.29, 1.82) is 0 Å². The van der Waals surface area contributed by atoms with E-state index in [-0.39, 0.29) is 5.41 Å². The molecule has 1 aliphatic carbocycles. The number of fused-ring (bicyclic) bond motifs is 9. The van der Waals surface area contributed by atoms with Crippen molar-refractivity contribution in [2.75, 3.05) is 0 Å². The third-order valence-corrected chi connectivity index (χ3v) is 13.7. The molecule has 0 aliphatic heterocycles. The van der Waals surface area contributed by atoms with Crippen LogP contribution in [0.1, 0.15) is 38.8 Å². The van der Waals surface area contributed by atoms with Gasteiger partial charge in [0.2, 0.25) is 0 Å². The summed E-state index contributed by atoms with van der Waals surface area (Å²) in [4.78, 5) is 0. The molecule has 1 aromatic heterocycles. The molecule has 0 amide bonds. The Morgan fingerprint density at radius 2 is 1.02 bits per heavy atom. The molecule has 0 fully saturated rings. The van der Waals surface area contributed by atoms with E-state index in [1.807, 2.05) is 11.3 Å². The second kappa shape index (κ2) is 12.4. The van der Waals surface area contributed by atoms with E-state index in [2.05, 4.69) is 198 Å². The number of thiophene rings is 1. The average Bonchev–Trinajstić information content (AvgIpc) is 3.70. The predicted molar refractivity (Wildman–Crippen MR) is 245 cm³/mol. The van der Waals surface area contributed by atoms with E-state index in [0.717, 1.165) is 0 Å². The number of benzene rings is 9. The molecule has 0 radical (unpaired) electrons. The maximum absolute atomic E-state index is 2.47. The van der Waals surface area contributed by atoms with Gasteiger partial charge >= 0.3 is 0 Å². The molecule has 1 heterocycles. The molecule has 0 nitrogen and oxygen atoms in total. The van der Waals surface area contributed by atoms with E-state index in [1.165, 1.54) is 119 Å². The highest BCUT2D eigenvalue weighted by Gasteiger charge is 2.36. The second-order valence-electron chi connectivity index (χ2n) is 15.9. The van der Waals surface area contributed by atoms with E-state index in [4.69, 9.17) is 0 Å². The maximum Gasteiger partial charge on any atom is 0.0361 e. The number of rotatable bonds is 3. The molecule has 11 rings (SSSR count). The lowest BCUT2D eigenvalue weighted by Crippen LogP contribution is -2.29. The van der Waals surface area contributed by atoms with Crippen LogP contribution < -0.4 is 10.4 Å². The molecule has 56 heavy (non-hydrogen) atoms. The highest BCUT2D eigenvalue weighted by molar-refractivity contribution is 7.25. The molecule has 10 aromatic rings. The van der Waals surface area contributed by atoms with Crippen LogP contribution in [0.4, 0.5) is 0 Å². The molecule has 0 spiro atoms. The topological polar surface area (TPSA) is 0 Å². The van der Waals surface area contributed by atoms with Gasteiger partial charge in [-0.1, -0.05) is 141 Å². The molecule has 1 heteroatoms. The normalized spacial score (nSPS) is 14.1. The molecular weight excluding hydrogens is 693 g/mol. The summed E-state index contributed by atoms with van der Waals surface area (Å²) < 4.78 is 2.71. The minimum absolute atomic E-state index is 0.0887. The van der Waals surface area contributed by atoms with Crippen LogP contribution in [0.5, 0.6) is 0 Å². The van der Waals surface area contributed by atoms with Gasteiger partial charge in [-0.3, -0.25) is 0 Å². The van der Waals surface area contributed by atoms with Gasteiger partial charge in [0.25, 0.3) is 0 Å². The Hall–Kier alpha value is -6.28. The van der Waals surface area contributed by atoms with Crippen molar-refractivity contribution in [2.24, 2.45) is 0 Å². The summed E-state index contributed by atoms with van der Waals surface area (Å²) >= 11 is 1.90. The van der Waals surface area contributed by atoms with E-state index in [0.29, 0.717) is 0 Å². The summed E-state index contributed by atoms with van der Waals surface area (Å²) in [5.74, 6) is 0. The average molecular weight is 733 g/mol. The van der Waals surface area contributed by atoms with Gasteiger partial charge in [-0.25, -0.2) is 0 Å². The van der Waals surface area contributed by atoms with Crippen molar-refractivity contribution in [3.05, 3.63) is 179 Å². The first-order valence-electron chi connectivity index (χ1n) is 19.7. The van der Waals surface area contributed by atoms with Crippen LogP contribution in [0.15, 0.2) is 158 Å². The van der Waals surface area contributed by atoms with Gasteiger partial charge in [0, 0.05) is 25.6 Å². The third-order valence-electron chi connectivity index (χ3n) is 12.5.